The molecule has 0 aliphatic carbocycles. The largest absolute Gasteiger partial charge is 0.438 e. The van der Waals surface area contributed by atoms with Crippen LogP contribution in [0.3, 0.4) is 0 Å². The van der Waals surface area contributed by atoms with E-state index < -0.39 is 0 Å². The van der Waals surface area contributed by atoms with Crippen molar-refractivity contribution in [2.75, 3.05) is 0 Å². The van der Waals surface area contributed by atoms with E-state index >= 15 is 0 Å². The van der Waals surface area contributed by atoms with Crippen molar-refractivity contribution < 1.29 is 9.13 Å². The molecule has 1 aromatic carbocycles. The highest BCUT2D eigenvalue weighted by Gasteiger charge is 2.04. The van der Waals surface area contributed by atoms with Gasteiger partial charge in [-0.2, -0.15) is 0 Å². The number of hydrogen-bond donors (Lipinski definition) is 0. The average molecular weight is 267 g/mol. The summed E-state index contributed by atoms with van der Waals surface area (Å²) in [5.41, 5.74) is 0. The molecule has 0 fully saturated rings. The van der Waals surface area contributed by atoms with E-state index in [2.05, 4.69) is 27.0 Å². The summed E-state index contributed by atoms with van der Waals surface area (Å²) in [5, 5.41) is 0. The van der Waals surface area contributed by atoms with Crippen LogP contribution in [0.25, 0.3) is 0 Å². The number of halogens is 2. The number of pyridine rings is 1. The van der Waals surface area contributed by atoms with Gasteiger partial charge in [0, 0.05) is 24.4 Å². The van der Waals surface area contributed by atoms with E-state index in [1.807, 2.05) is 0 Å². The second kappa shape index (κ2) is 4.40. The molecule has 75 valence electrons. The predicted molar refractivity (Wildman–Crippen MR) is 57.2 cm³/mol. The molecule has 0 atom stereocenters. The summed E-state index contributed by atoms with van der Waals surface area (Å²) >= 11 is 3.26. The van der Waals surface area contributed by atoms with Crippen LogP contribution in [-0.2, 0) is 0 Å². The van der Waals surface area contributed by atoms with E-state index in [0.717, 1.165) is 0 Å². The summed E-state index contributed by atoms with van der Waals surface area (Å²) in [4.78, 5) is 3.92. The van der Waals surface area contributed by atoms with Crippen LogP contribution < -0.4 is 4.74 Å². The summed E-state index contributed by atoms with van der Waals surface area (Å²) in [5.74, 6) is 0.449. The molecule has 0 bridgehead atoms. The van der Waals surface area contributed by atoms with Crippen molar-refractivity contribution in [2.24, 2.45) is 0 Å². The Bertz CT molecular complexity index is 461. The van der Waals surface area contributed by atoms with Crippen LogP contribution in [0, 0.1) is 11.9 Å². The molecule has 0 N–H and O–H groups in total. The first-order chi connectivity index (χ1) is 7.25. The minimum Gasteiger partial charge on any atom is -0.438 e. The maximum atomic E-state index is 12.9. The van der Waals surface area contributed by atoms with Gasteiger partial charge >= 0.3 is 0 Å². The number of nitrogens with zero attached hydrogens (tertiary/aromatic N) is 1. The van der Waals surface area contributed by atoms with Crippen molar-refractivity contribution in [1.82, 2.24) is 4.98 Å². The van der Waals surface area contributed by atoms with E-state index in [-0.39, 0.29) is 5.82 Å². The number of hydrogen-bond acceptors (Lipinski definition) is 2. The van der Waals surface area contributed by atoms with Gasteiger partial charge in [0.2, 0.25) is 5.88 Å². The van der Waals surface area contributed by atoms with Gasteiger partial charge in [-0.25, -0.2) is 9.37 Å². The lowest BCUT2D eigenvalue weighted by Gasteiger charge is -2.05. The van der Waals surface area contributed by atoms with Gasteiger partial charge in [0.25, 0.3) is 0 Å². The first-order valence-electron chi connectivity index (χ1n) is 4.21. The normalized spacial score (nSPS) is 10.0. The molecule has 2 aromatic rings. The van der Waals surface area contributed by atoms with Gasteiger partial charge in [0.15, 0.2) is 0 Å². The first kappa shape index (κ1) is 10.1. The van der Waals surface area contributed by atoms with Gasteiger partial charge in [-0.15, -0.1) is 0 Å². The van der Waals surface area contributed by atoms with Crippen LogP contribution in [0.15, 0.2) is 41.0 Å². The Morgan fingerprint density at radius 1 is 1.33 bits per heavy atom. The quantitative estimate of drug-likeness (QED) is 0.829. The van der Waals surface area contributed by atoms with Gasteiger partial charge in [-0.1, -0.05) is 0 Å². The Kier molecular flexibility index (Phi) is 2.97. The number of rotatable bonds is 2. The van der Waals surface area contributed by atoms with Gasteiger partial charge in [-0.05, 0) is 34.1 Å². The molecule has 0 unspecified atom stereocenters. The fourth-order valence-electron chi connectivity index (χ4n) is 1.03. The lowest BCUT2D eigenvalue weighted by molar-refractivity contribution is 0.455. The number of aromatic nitrogens is 1. The third kappa shape index (κ3) is 2.53. The van der Waals surface area contributed by atoms with Crippen LogP contribution >= 0.6 is 15.9 Å². The highest BCUT2D eigenvalue weighted by Crippen LogP contribution is 2.28. The van der Waals surface area contributed by atoms with Crippen molar-refractivity contribution in [1.29, 1.82) is 0 Å². The monoisotopic (exact) mass is 266 g/mol. The Balaban J connectivity index is 2.28. The molecule has 15 heavy (non-hydrogen) atoms. The van der Waals surface area contributed by atoms with E-state index in [1.54, 1.807) is 18.2 Å². The SMILES string of the molecule is Fc1ccc(Br)c(Oc2cc[c]cn2)c1. The zero-order valence-electron chi connectivity index (χ0n) is 7.58. The highest BCUT2D eigenvalue weighted by molar-refractivity contribution is 9.10. The van der Waals surface area contributed by atoms with Crippen molar-refractivity contribution in [2.45, 2.75) is 0 Å². The van der Waals surface area contributed by atoms with Crippen LogP contribution in [0.5, 0.6) is 11.6 Å². The Labute approximate surface area is 94.9 Å². The maximum absolute atomic E-state index is 12.9. The standard InChI is InChI=1S/C11H6BrFNO/c12-9-5-4-8(13)7-10(9)15-11-3-1-2-6-14-11/h1,3-7H. The summed E-state index contributed by atoms with van der Waals surface area (Å²) < 4.78 is 19.0. The molecule has 0 spiro atoms. The van der Waals surface area contributed by atoms with E-state index in [0.29, 0.717) is 16.1 Å². The third-order valence-electron chi connectivity index (χ3n) is 1.70. The maximum Gasteiger partial charge on any atom is 0.219 e. The van der Waals surface area contributed by atoms with Gasteiger partial charge in [0.05, 0.1) is 4.47 Å². The fraction of sp³-hybridized carbons (Fsp3) is 0. The molecule has 0 saturated heterocycles. The summed E-state index contributed by atoms with van der Waals surface area (Å²) in [6.45, 7) is 0. The van der Waals surface area contributed by atoms with Crippen molar-refractivity contribution >= 4 is 15.9 Å². The molecule has 1 radical (unpaired) electrons. The molecule has 1 heterocycles. The molecule has 0 aliphatic rings. The minimum atomic E-state index is -0.351. The predicted octanol–water partition coefficient (Wildman–Crippen LogP) is 3.58. The molecule has 2 nitrogen and oxygen atoms in total. The second-order valence-electron chi connectivity index (χ2n) is 2.77. The zero-order valence-corrected chi connectivity index (χ0v) is 9.16. The van der Waals surface area contributed by atoms with Gasteiger partial charge in [-0.3, -0.25) is 0 Å². The molecule has 0 amide bonds. The highest BCUT2D eigenvalue weighted by atomic mass is 79.9. The molecule has 2 rings (SSSR count). The number of benzene rings is 1. The summed E-state index contributed by atoms with van der Waals surface area (Å²) in [7, 11) is 0. The first-order valence-corrected chi connectivity index (χ1v) is 5.00. The van der Waals surface area contributed by atoms with Crippen LogP contribution in [0.2, 0.25) is 0 Å². The van der Waals surface area contributed by atoms with E-state index in [9.17, 15) is 4.39 Å². The zero-order chi connectivity index (χ0) is 10.7. The molecule has 4 heteroatoms. The Morgan fingerprint density at radius 2 is 2.20 bits per heavy atom. The number of ether oxygens (including phenoxy) is 1. The van der Waals surface area contributed by atoms with E-state index in [4.69, 9.17) is 4.74 Å². The van der Waals surface area contributed by atoms with Crippen LogP contribution in [0.1, 0.15) is 0 Å². The topological polar surface area (TPSA) is 22.1 Å². The molecule has 0 saturated carbocycles. The van der Waals surface area contributed by atoms with Crippen LogP contribution in [0.4, 0.5) is 4.39 Å². The second-order valence-corrected chi connectivity index (χ2v) is 3.63. The van der Waals surface area contributed by atoms with Crippen molar-refractivity contribution in [3.63, 3.8) is 0 Å². The molecular weight excluding hydrogens is 261 g/mol. The fourth-order valence-corrected chi connectivity index (χ4v) is 1.36. The van der Waals surface area contributed by atoms with E-state index in [1.165, 1.54) is 18.3 Å². The molecular formula is C11H6BrFNO. The molecule has 1 aromatic heterocycles. The summed E-state index contributed by atoms with van der Waals surface area (Å²) in [6, 6.07) is 10.3. The average Bonchev–Trinajstić information content (AvgIpc) is 2.25. The third-order valence-corrected chi connectivity index (χ3v) is 2.35. The summed E-state index contributed by atoms with van der Waals surface area (Å²) in [6.07, 6.45) is 1.49. The Morgan fingerprint density at radius 3 is 2.93 bits per heavy atom. The smallest absolute Gasteiger partial charge is 0.219 e. The van der Waals surface area contributed by atoms with Gasteiger partial charge < -0.3 is 4.74 Å². The van der Waals surface area contributed by atoms with Crippen molar-refractivity contribution in [3.05, 3.63) is 52.9 Å². The Hall–Kier alpha value is -1.42. The molecule has 0 aliphatic heterocycles. The lowest BCUT2D eigenvalue weighted by atomic mass is 10.3. The van der Waals surface area contributed by atoms with Crippen molar-refractivity contribution in [3.8, 4) is 11.6 Å². The van der Waals surface area contributed by atoms with Gasteiger partial charge in [0.1, 0.15) is 11.6 Å². The van der Waals surface area contributed by atoms with Crippen LogP contribution in [-0.4, -0.2) is 4.98 Å². The lowest BCUT2D eigenvalue weighted by Crippen LogP contribution is -1.88. The minimum absolute atomic E-state index is 0.351.